The lowest BCUT2D eigenvalue weighted by atomic mass is 10.1. The van der Waals surface area contributed by atoms with Crippen molar-refractivity contribution in [2.45, 2.75) is 45.9 Å². The Hall–Kier alpha value is -3.01. The molecule has 0 saturated carbocycles. The Bertz CT molecular complexity index is 613. The Labute approximate surface area is 163 Å². The number of hydrogen-bond acceptors (Lipinski definition) is 8. The third kappa shape index (κ3) is 11.6. The number of carbonyl (C=O) groups is 5. The van der Waals surface area contributed by atoms with Gasteiger partial charge in [0.05, 0.1) is 14.2 Å². The van der Waals surface area contributed by atoms with Gasteiger partial charge in [-0.25, -0.2) is 9.59 Å². The van der Waals surface area contributed by atoms with Crippen LogP contribution in [-0.2, 0) is 33.4 Å². The van der Waals surface area contributed by atoms with Gasteiger partial charge in [-0.1, -0.05) is 18.2 Å². The first-order valence-electron chi connectivity index (χ1n) is 8.22. The Morgan fingerprint density at radius 2 is 1.36 bits per heavy atom. The highest BCUT2D eigenvalue weighted by Crippen LogP contribution is 1.98. The molecule has 0 aromatic rings. The van der Waals surface area contributed by atoms with Crippen LogP contribution in [0.15, 0.2) is 24.3 Å². The van der Waals surface area contributed by atoms with E-state index in [1.807, 2.05) is 0 Å². The first-order chi connectivity index (χ1) is 13.0. The molecule has 10 heteroatoms. The van der Waals surface area contributed by atoms with Crippen molar-refractivity contribution in [2.75, 3.05) is 14.2 Å². The molecule has 0 radical (unpaired) electrons. The molecule has 0 spiro atoms. The lowest BCUT2D eigenvalue weighted by Crippen LogP contribution is -2.47. The van der Waals surface area contributed by atoms with Gasteiger partial charge in [0.2, 0.25) is 11.8 Å². The highest BCUT2D eigenvalue weighted by Gasteiger charge is 2.27. The molecule has 2 amide bonds. The Morgan fingerprint density at radius 3 is 1.71 bits per heavy atom. The fourth-order valence-electron chi connectivity index (χ4n) is 1.77. The van der Waals surface area contributed by atoms with Crippen LogP contribution >= 0.6 is 0 Å². The maximum absolute atomic E-state index is 11.3. The summed E-state index contributed by atoms with van der Waals surface area (Å²) in [7, 11) is 2.35. The standard InChI is InChI=1S/C9H15NO4.C9H13NO4/c2*1-4-5-7(12)8(9(13)14-3)10-6(2)11/h4-5,7-8,12H,1-3H3,(H,10,11);4-5,8H,1-3H3,(H,10,11)/b2*5-4+/t7-,8-;/m1./s1. The van der Waals surface area contributed by atoms with E-state index in [9.17, 15) is 29.1 Å². The molecule has 0 saturated heterocycles. The number of ether oxygens (including phenoxy) is 2. The monoisotopic (exact) mass is 400 g/mol. The van der Waals surface area contributed by atoms with Crippen LogP contribution in [0.4, 0.5) is 0 Å². The van der Waals surface area contributed by atoms with Crippen LogP contribution in [-0.4, -0.2) is 67.0 Å². The second-order valence-electron chi connectivity index (χ2n) is 5.28. The smallest absolute Gasteiger partial charge is 0.336 e. The predicted octanol–water partition coefficient (Wildman–Crippen LogP) is -0.590. The lowest BCUT2D eigenvalue weighted by Gasteiger charge is -2.18. The zero-order valence-electron chi connectivity index (χ0n) is 16.8. The van der Waals surface area contributed by atoms with Crippen molar-refractivity contribution in [3.8, 4) is 0 Å². The maximum atomic E-state index is 11.3. The number of allylic oxidation sites excluding steroid dienone is 2. The molecule has 3 atom stereocenters. The summed E-state index contributed by atoms with van der Waals surface area (Å²) < 4.78 is 8.81. The van der Waals surface area contributed by atoms with Crippen LogP contribution in [0, 0.1) is 0 Å². The van der Waals surface area contributed by atoms with Gasteiger partial charge in [-0.3, -0.25) is 14.4 Å². The fraction of sp³-hybridized carbons (Fsp3) is 0.500. The second-order valence-corrected chi connectivity index (χ2v) is 5.28. The largest absolute Gasteiger partial charge is 0.467 e. The second kappa shape index (κ2) is 15.1. The topological polar surface area (TPSA) is 148 Å². The van der Waals surface area contributed by atoms with Crippen molar-refractivity contribution >= 4 is 29.5 Å². The zero-order valence-corrected chi connectivity index (χ0v) is 16.8. The number of aliphatic hydroxyl groups is 1. The number of ketones is 1. The third-order valence-electron chi connectivity index (χ3n) is 2.94. The average Bonchev–Trinajstić information content (AvgIpc) is 2.63. The molecule has 0 aromatic heterocycles. The molecule has 0 aliphatic heterocycles. The van der Waals surface area contributed by atoms with Crippen molar-refractivity contribution in [2.24, 2.45) is 0 Å². The quantitative estimate of drug-likeness (QED) is 0.212. The van der Waals surface area contributed by atoms with Gasteiger partial charge in [-0.2, -0.15) is 0 Å². The summed E-state index contributed by atoms with van der Waals surface area (Å²) in [6.07, 6.45) is 4.61. The van der Waals surface area contributed by atoms with Crippen LogP contribution in [0.1, 0.15) is 27.7 Å². The molecular formula is C18H28N2O8. The van der Waals surface area contributed by atoms with E-state index in [0.717, 1.165) is 7.11 Å². The molecule has 0 rings (SSSR count). The first-order valence-corrected chi connectivity index (χ1v) is 8.22. The minimum atomic E-state index is -1.24. The summed E-state index contributed by atoms with van der Waals surface area (Å²) in [6, 6.07) is -2.29. The van der Waals surface area contributed by atoms with Gasteiger partial charge in [0.1, 0.15) is 6.10 Å². The van der Waals surface area contributed by atoms with Gasteiger partial charge in [0.25, 0.3) is 0 Å². The summed E-state index contributed by atoms with van der Waals surface area (Å²) >= 11 is 0. The van der Waals surface area contributed by atoms with Crippen molar-refractivity contribution in [3.63, 3.8) is 0 Å². The van der Waals surface area contributed by atoms with Crippen LogP contribution in [0.25, 0.3) is 0 Å². The van der Waals surface area contributed by atoms with Crippen molar-refractivity contribution < 1.29 is 38.6 Å². The first kappa shape index (κ1) is 27.2. The van der Waals surface area contributed by atoms with E-state index in [2.05, 4.69) is 20.1 Å². The van der Waals surface area contributed by atoms with Crippen LogP contribution in [0.3, 0.4) is 0 Å². The van der Waals surface area contributed by atoms with E-state index >= 15 is 0 Å². The van der Waals surface area contributed by atoms with E-state index in [4.69, 9.17) is 0 Å². The third-order valence-corrected chi connectivity index (χ3v) is 2.94. The molecule has 0 aliphatic rings. The number of esters is 2. The maximum Gasteiger partial charge on any atom is 0.336 e. The van der Waals surface area contributed by atoms with Crippen LogP contribution in [0.5, 0.6) is 0 Å². The Morgan fingerprint density at radius 1 is 0.857 bits per heavy atom. The normalized spacial score (nSPS) is 13.5. The molecule has 3 N–H and O–H groups in total. The van der Waals surface area contributed by atoms with E-state index in [1.54, 1.807) is 19.9 Å². The predicted molar refractivity (Wildman–Crippen MR) is 99.9 cm³/mol. The molecule has 158 valence electrons. The van der Waals surface area contributed by atoms with E-state index in [0.29, 0.717) is 0 Å². The summed E-state index contributed by atoms with van der Waals surface area (Å²) in [4.78, 5) is 54.9. The lowest BCUT2D eigenvalue weighted by molar-refractivity contribution is -0.148. The number of carbonyl (C=O) groups excluding carboxylic acids is 5. The number of methoxy groups -OCH3 is 2. The summed E-state index contributed by atoms with van der Waals surface area (Å²) in [5, 5.41) is 14.0. The molecule has 0 fully saturated rings. The molecule has 0 aromatic carbocycles. The van der Waals surface area contributed by atoms with E-state index in [1.165, 1.54) is 39.2 Å². The zero-order chi connectivity index (χ0) is 22.3. The van der Waals surface area contributed by atoms with Gasteiger partial charge in [0, 0.05) is 13.8 Å². The number of rotatable bonds is 8. The SMILES string of the molecule is C/C=C/C(=O)C(NC(C)=O)C(=O)OC.C/C=C/[C@@H](O)[C@@H](NC(C)=O)C(=O)OC. The molecule has 1 unspecified atom stereocenters. The molecule has 28 heavy (non-hydrogen) atoms. The molecule has 10 nitrogen and oxygen atoms in total. The number of aliphatic hydroxyl groups excluding tert-OH is 1. The summed E-state index contributed by atoms with van der Waals surface area (Å²) in [6.45, 7) is 5.82. The molecule has 0 aliphatic carbocycles. The van der Waals surface area contributed by atoms with Crippen LogP contribution < -0.4 is 10.6 Å². The highest BCUT2D eigenvalue weighted by molar-refractivity contribution is 6.10. The Kier molecular flexibility index (Phi) is 14.7. The summed E-state index contributed by atoms with van der Waals surface area (Å²) in [5.74, 6) is -2.81. The molecule has 0 heterocycles. The van der Waals surface area contributed by atoms with Gasteiger partial charge in [0.15, 0.2) is 17.9 Å². The van der Waals surface area contributed by atoms with Crippen molar-refractivity contribution in [3.05, 3.63) is 24.3 Å². The molecular weight excluding hydrogens is 372 g/mol. The number of amides is 2. The van der Waals surface area contributed by atoms with Gasteiger partial charge in [-0.15, -0.1) is 0 Å². The van der Waals surface area contributed by atoms with E-state index in [-0.39, 0.29) is 0 Å². The van der Waals surface area contributed by atoms with E-state index < -0.39 is 47.7 Å². The van der Waals surface area contributed by atoms with Crippen LogP contribution in [0.2, 0.25) is 0 Å². The van der Waals surface area contributed by atoms with Gasteiger partial charge in [-0.05, 0) is 19.9 Å². The van der Waals surface area contributed by atoms with Crippen molar-refractivity contribution in [1.82, 2.24) is 10.6 Å². The molecule has 0 bridgehead atoms. The van der Waals surface area contributed by atoms with Gasteiger partial charge >= 0.3 is 11.9 Å². The minimum absolute atomic E-state index is 0.399. The van der Waals surface area contributed by atoms with Crippen molar-refractivity contribution in [1.29, 1.82) is 0 Å². The number of hydrogen-bond donors (Lipinski definition) is 3. The van der Waals surface area contributed by atoms with Gasteiger partial charge < -0.3 is 25.2 Å². The summed E-state index contributed by atoms with van der Waals surface area (Å²) in [5.41, 5.74) is 0. The fourth-order valence-corrected chi connectivity index (χ4v) is 1.77. The minimum Gasteiger partial charge on any atom is -0.467 e. The highest BCUT2D eigenvalue weighted by atomic mass is 16.5. The number of nitrogens with one attached hydrogen (secondary N) is 2. The average molecular weight is 400 g/mol. The Balaban J connectivity index is 0.